The first-order chi connectivity index (χ1) is 9.31. The molecule has 0 amide bonds. The van der Waals surface area contributed by atoms with Crippen LogP contribution >= 0.6 is 0 Å². The monoisotopic (exact) mass is 275 g/mol. The summed E-state index contributed by atoms with van der Waals surface area (Å²) in [5.41, 5.74) is 2.15. The first-order valence-electron chi connectivity index (χ1n) is 6.53. The molecule has 100 valence electrons. The summed E-state index contributed by atoms with van der Waals surface area (Å²) in [6, 6.07) is 10.6. The van der Waals surface area contributed by atoms with Crippen molar-refractivity contribution in [2.24, 2.45) is 0 Å². The molecule has 0 bridgehead atoms. The zero-order chi connectivity index (χ0) is 13.1. The van der Waals surface area contributed by atoms with Crippen molar-refractivity contribution >= 4 is 16.5 Å². The maximum atomic E-state index is 11.3. The van der Waals surface area contributed by atoms with Crippen LogP contribution in [0.1, 0.15) is 12.8 Å². The van der Waals surface area contributed by atoms with Crippen molar-refractivity contribution in [3.05, 3.63) is 42.7 Å². The Balaban J connectivity index is 1.71. The highest BCUT2D eigenvalue weighted by atomic mass is 32.2. The van der Waals surface area contributed by atoms with Crippen LogP contribution in [-0.4, -0.2) is 31.5 Å². The van der Waals surface area contributed by atoms with Gasteiger partial charge < -0.3 is 5.32 Å². The smallest absolute Gasteiger partial charge is 0.0666 e. The van der Waals surface area contributed by atoms with E-state index in [0.717, 1.165) is 35.7 Å². The van der Waals surface area contributed by atoms with E-state index in [2.05, 4.69) is 22.5 Å². The van der Waals surface area contributed by atoms with E-state index in [0.29, 0.717) is 6.04 Å². The molecule has 1 N–H and O–H groups in total. The number of hydrogen-bond donors (Lipinski definition) is 1. The molecule has 1 aromatic heterocycles. The molecular formula is C14H17N3OS. The van der Waals surface area contributed by atoms with E-state index in [1.54, 1.807) is 6.20 Å². The van der Waals surface area contributed by atoms with E-state index in [4.69, 9.17) is 0 Å². The first kappa shape index (κ1) is 12.4. The fourth-order valence-electron chi connectivity index (χ4n) is 2.33. The zero-order valence-corrected chi connectivity index (χ0v) is 11.5. The lowest BCUT2D eigenvalue weighted by atomic mass is 10.1. The molecule has 0 spiro atoms. The van der Waals surface area contributed by atoms with Crippen LogP contribution < -0.4 is 5.32 Å². The van der Waals surface area contributed by atoms with E-state index in [1.807, 2.05) is 29.1 Å². The standard InChI is InChI=1S/C14H17N3OS/c18-19-9-5-12(6-10-19)16-13-3-1-4-14(11-13)17-8-2-7-15-17/h1-4,7-8,11-12,16H,5-6,9-10H2. The fourth-order valence-corrected chi connectivity index (χ4v) is 3.63. The summed E-state index contributed by atoms with van der Waals surface area (Å²) in [6.07, 6.45) is 5.68. The van der Waals surface area contributed by atoms with Crippen LogP contribution in [0.5, 0.6) is 0 Å². The van der Waals surface area contributed by atoms with Gasteiger partial charge in [0.2, 0.25) is 0 Å². The Hall–Kier alpha value is -1.62. The second-order valence-corrected chi connectivity index (χ2v) is 6.46. The average molecular weight is 275 g/mol. The second kappa shape index (κ2) is 5.57. The number of hydrogen-bond acceptors (Lipinski definition) is 3. The van der Waals surface area contributed by atoms with Gasteiger partial charge in [-0.15, -0.1) is 0 Å². The van der Waals surface area contributed by atoms with E-state index in [-0.39, 0.29) is 0 Å². The minimum absolute atomic E-state index is 0.436. The van der Waals surface area contributed by atoms with E-state index >= 15 is 0 Å². The molecule has 1 saturated heterocycles. The minimum atomic E-state index is -0.602. The van der Waals surface area contributed by atoms with Gasteiger partial charge >= 0.3 is 0 Å². The van der Waals surface area contributed by atoms with Gasteiger partial charge in [-0.05, 0) is 37.1 Å². The molecule has 19 heavy (non-hydrogen) atoms. The molecule has 2 aromatic rings. The minimum Gasteiger partial charge on any atom is -0.382 e. The lowest BCUT2D eigenvalue weighted by molar-refractivity contribution is 0.624. The molecule has 2 heterocycles. The number of benzene rings is 1. The van der Waals surface area contributed by atoms with Gasteiger partial charge in [0, 0.05) is 46.4 Å². The van der Waals surface area contributed by atoms with Crippen molar-refractivity contribution in [2.75, 3.05) is 16.8 Å². The molecule has 0 saturated carbocycles. The molecule has 1 fully saturated rings. The predicted molar refractivity (Wildman–Crippen MR) is 78.1 cm³/mol. The molecule has 0 atom stereocenters. The van der Waals surface area contributed by atoms with Crippen molar-refractivity contribution in [3.63, 3.8) is 0 Å². The lowest BCUT2D eigenvalue weighted by Crippen LogP contribution is -2.29. The van der Waals surface area contributed by atoms with Gasteiger partial charge in [0.25, 0.3) is 0 Å². The van der Waals surface area contributed by atoms with Crippen LogP contribution in [0.2, 0.25) is 0 Å². The normalized spacial score (nSPS) is 23.2. The molecule has 0 aliphatic carbocycles. The Morgan fingerprint density at radius 1 is 1.26 bits per heavy atom. The SMILES string of the molecule is O=S1CCC(Nc2cccc(-n3cccn3)c2)CC1. The molecule has 1 aliphatic heterocycles. The maximum absolute atomic E-state index is 11.3. The molecule has 1 aliphatic rings. The Labute approximate surface area is 115 Å². The third kappa shape index (κ3) is 3.04. The quantitative estimate of drug-likeness (QED) is 0.934. The van der Waals surface area contributed by atoms with Crippen molar-refractivity contribution in [3.8, 4) is 5.69 Å². The Morgan fingerprint density at radius 3 is 2.84 bits per heavy atom. The van der Waals surface area contributed by atoms with Gasteiger partial charge in [0.1, 0.15) is 0 Å². The molecule has 5 heteroatoms. The van der Waals surface area contributed by atoms with Crippen LogP contribution in [0.3, 0.4) is 0 Å². The molecule has 0 unspecified atom stereocenters. The fraction of sp³-hybridized carbons (Fsp3) is 0.357. The number of aromatic nitrogens is 2. The van der Waals surface area contributed by atoms with Crippen molar-refractivity contribution in [2.45, 2.75) is 18.9 Å². The zero-order valence-electron chi connectivity index (χ0n) is 10.7. The third-order valence-electron chi connectivity index (χ3n) is 3.37. The topological polar surface area (TPSA) is 46.9 Å². The highest BCUT2D eigenvalue weighted by molar-refractivity contribution is 7.85. The van der Waals surface area contributed by atoms with Crippen LogP contribution in [0.25, 0.3) is 5.69 Å². The number of nitrogens with one attached hydrogen (secondary N) is 1. The van der Waals surface area contributed by atoms with Crippen LogP contribution in [0.4, 0.5) is 5.69 Å². The van der Waals surface area contributed by atoms with Gasteiger partial charge in [-0.2, -0.15) is 5.10 Å². The number of nitrogens with zero attached hydrogens (tertiary/aromatic N) is 2. The van der Waals surface area contributed by atoms with Crippen molar-refractivity contribution < 1.29 is 4.21 Å². The molecular weight excluding hydrogens is 258 g/mol. The highest BCUT2D eigenvalue weighted by Crippen LogP contribution is 2.18. The van der Waals surface area contributed by atoms with Crippen LogP contribution in [-0.2, 0) is 10.8 Å². The summed E-state index contributed by atoms with van der Waals surface area (Å²) in [5.74, 6) is 1.63. The average Bonchev–Trinajstić information content (AvgIpc) is 2.96. The van der Waals surface area contributed by atoms with Gasteiger partial charge in [0.05, 0.1) is 5.69 Å². The van der Waals surface area contributed by atoms with E-state index < -0.39 is 10.8 Å². The summed E-state index contributed by atoms with van der Waals surface area (Å²) < 4.78 is 13.2. The Bertz CT molecular complexity index is 558. The molecule has 1 aromatic carbocycles. The van der Waals surface area contributed by atoms with Crippen molar-refractivity contribution in [1.82, 2.24) is 9.78 Å². The molecule has 4 nitrogen and oxygen atoms in total. The lowest BCUT2D eigenvalue weighted by Gasteiger charge is -2.23. The van der Waals surface area contributed by atoms with Gasteiger partial charge in [0.15, 0.2) is 0 Å². The van der Waals surface area contributed by atoms with Gasteiger partial charge in [-0.25, -0.2) is 4.68 Å². The predicted octanol–water partition coefficient (Wildman–Crippen LogP) is 2.20. The molecule has 0 radical (unpaired) electrons. The Kier molecular flexibility index (Phi) is 3.64. The van der Waals surface area contributed by atoms with E-state index in [9.17, 15) is 4.21 Å². The highest BCUT2D eigenvalue weighted by Gasteiger charge is 2.17. The summed E-state index contributed by atoms with van der Waals surface area (Å²) in [5, 5.41) is 7.76. The Morgan fingerprint density at radius 2 is 2.11 bits per heavy atom. The largest absolute Gasteiger partial charge is 0.382 e. The van der Waals surface area contributed by atoms with Gasteiger partial charge in [-0.3, -0.25) is 4.21 Å². The van der Waals surface area contributed by atoms with E-state index in [1.165, 1.54) is 0 Å². The van der Waals surface area contributed by atoms with Gasteiger partial charge in [-0.1, -0.05) is 6.07 Å². The third-order valence-corrected chi connectivity index (χ3v) is 4.76. The number of anilines is 1. The summed E-state index contributed by atoms with van der Waals surface area (Å²) >= 11 is 0. The van der Waals surface area contributed by atoms with Crippen molar-refractivity contribution in [1.29, 1.82) is 0 Å². The second-order valence-electron chi connectivity index (χ2n) is 4.77. The maximum Gasteiger partial charge on any atom is 0.0666 e. The van der Waals surface area contributed by atoms with Crippen LogP contribution in [0, 0.1) is 0 Å². The first-order valence-corrected chi connectivity index (χ1v) is 8.02. The summed E-state index contributed by atoms with van der Waals surface area (Å²) in [7, 11) is -0.602. The number of rotatable bonds is 3. The summed E-state index contributed by atoms with van der Waals surface area (Å²) in [4.78, 5) is 0. The summed E-state index contributed by atoms with van der Waals surface area (Å²) in [6.45, 7) is 0. The molecule has 3 rings (SSSR count). The van der Waals surface area contributed by atoms with Crippen LogP contribution in [0.15, 0.2) is 42.7 Å².